The highest BCUT2D eigenvalue weighted by Gasteiger charge is 2.20. The minimum Gasteiger partial charge on any atom is -0.492 e. The summed E-state index contributed by atoms with van der Waals surface area (Å²) in [6.07, 6.45) is 11.5. The number of ether oxygens (including phenoxy) is 1. The summed E-state index contributed by atoms with van der Waals surface area (Å²) in [6.45, 7) is 1.13. The fourth-order valence-corrected chi connectivity index (χ4v) is 6.13. The van der Waals surface area contributed by atoms with Crippen molar-refractivity contribution in [3.8, 4) is 39.8 Å². The first kappa shape index (κ1) is 30.4. The van der Waals surface area contributed by atoms with Crippen LogP contribution in [0.4, 0.5) is 10.1 Å². The summed E-state index contributed by atoms with van der Waals surface area (Å²) in [5, 5.41) is 10.6. The zero-order valence-electron chi connectivity index (χ0n) is 26.4. The van der Waals surface area contributed by atoms with Gasteiger partial charge in [-0.2, -0.15) is 5.10 Å². The lowest BCUT2D eigenvalue weighted by molar-refractivity contribution is -0.117. The van der Waals surface area contributed by atoms with Crippen molar-refractivity contribution in [1.29, 1.82) is 0 Å². The van der Waals surface area contributed by atoms with Gasteiger partial charge in [0, 0.05) is 42.6 Å². The van der Waals surface area contributed by atoms with Gasteiger partial charge in [-0.1, -0.05) is 19.3 Å². The first-order valence-electron chi connectivity index (χ1n) is 15.9. The van der Waals surface area contributed by atoms with Crippen molar-refractivity contribution in [1.82, 2.24) is 40.0 Å². The molecule has 1 aromatic carbocycles. The molecule has 0 radical (unpaired) electrons. The molecule has 0 atom stereocenters. The number of pyridine rings is 3. The number of H-pyrrole nitrogens is 2. The number of nitrogens with zero attached hydrogens (tertiary/aromatic N) is 6. The van der Waals surface area contributed by atoms with Crippen LogP contribution < -0.4 is 10.1 Å². The first-order chi connectivity index (χ1) is 22.9. The summed E-state index contributed by atoms with van der Waals surface area (Å²) >= 11 is 0. The standard InChI is InChI=1S/C35H36FN9O2/c1-45(2)12-13-47-26-17-22(15-24(36)18-26)31-32-28(10-11-38-31)41-35(42-32)34-33-29(43-44-34)9-8-27(40-33)23-16-25(20-37-19-23)39-30(46)14-21-6-4-3-5-7-21/h8-11,15-21H,3-7,12-14H2,1-2H3,(H,39,46)(H,41,42)(H,43,44). The van der Waals surface area contributed by atoms with Crippen LogP contribution in [0.2, 0.25) is 0 Å². The molecule has 7 rings (SSSR count). The van der Waals surface area contributed by atoms with Gasteiger partial charge in [0.25, 0.3) is 0 Å². The molecule has 1 amide bonds. The van der Waals surface area contributed by atoms with Crippen LogP contribution in [-0.4, -0.2) is 73.2 Å². The van der Waals surface area contributed by atoms with Crippen molar-refractivity contribution in [2.75, 3.05) is 32.6 Å². The van der Waals surface area contributed by atoms with Gasteiger partial charge in [0.05, 0.1) is 34.3 Å². The average Bonchev–Trinajstić information content (AvgIpc) is 3.69. The molecule has 3 N–H and O–H groups in total. The number of fused-ring (bicyclic) bond motifs is 2. The van der Waals surface area contributed by atoms with Crippen molar-refractivity contribution in [3.63, 3.8) is 0 Å². The lowest BCUT2D eigenvalue weighted by Crippen LogP contribution is -2.19. The van der Waals surface area contributed by atoms with E-state index in [2.05, 4.69) is 30.5 Å². The predicted molar refractivity (Wildman–Crippen MR) is 179 cm³/mol. The molecule has 0 aliphatic heterocycles. The highest BCUT2D eigenvalue weighted by atomic mass is 19.1. The second kappa shape index (κ2) is 13.2. The van der Waals surface area contributed by atoms with Crippen LogP contribution in [0.5, 0.6) is 5.75 Å². The van der Waals surface area contributed by atoms with Crippen LogP contribution >= 0.6 is 0 Å². The van der Waals surface area contributed by atoms with E-state index in [1.165, 1.54) is 31.4 Å². The van der Waals surface area contributed by atoms with Crippen LogP contribution in [0.25, 0.3) is 56.1 Å². The maximum atomic E-state index is 14.7. The normalized spacial score (nSPS) is 13.9. The molecule has 1 aliphatic rings. The molecule has 0 saturated heterocycles. The zero-order chi connectivity index (χ0) is 32.3. The molecule has 11 nitrogen and oxygen atoms in total. The molecule has 6 aromatic rings. The number of hydrogen-bond donors (Lipinski definition) is 3. The van der Waals surface area contributed by atoms with Gasteiger partial charge in [-0.15, -0.1) is 0 Å². The number of hydrogen-bond acceptors (Lipinski definition) is 8. The summed E-state index contributed by atoms with van der Waals surface area (Å²) in [4.78, 5) is 36.8. The summed E-state index contributed by atoms with van der Waals surface area (Å²) < 4.78 is 20.5. The van der Waals surface area contributed by atoms with E-state index < -0.39 is 5.82 Å². The van der Waals surface area contributed by atoms with Gasteiger partial charge in [-0.25, -0.2) is 14.4 Å². The van der Waals surface area contributed by atoms with E-state index in [0.29, 0.717) is 76.4 Å². The third-order valence-electron chi connectivity index (χ3n) is 8.50. The summed E-state index contributed by atoms with van der Waals surface area (Å²) in [6, 6.07) is 12.1. The Morgan fingerprint density at radius 3 is 2.68 bits per heavy atom. The number of aromatic amines is 2. The number of imidazole rings is 1. The second-order valence-corrected chi connectivity index (χ2v) is 12.4. The Bertz CT molecular complexity index is 2050. The van der Waals surface area contributed by atoms with Crippen molar-refractivity contribution in [2.45, 2.75) is 38.5 Å². The molecule has 1 saturated carbocycles. The van der Waals surface area contributed by atoms with Crippen molar-refractivity contribution >= 4 is 33.7 Å². The number of benzene rings is 1. The first-order valence-corrected chi connectivity index (χ1v) is 15.9. The molecule has 240 valence electrons. The minimum atomic E-state index is -0.422. The summed E-state index contributed by atoms with van der Waals surface area (Å²) in [7, 11) is 3.91. The molecule has 12 heteroatoms. The quantitative estimate of drug-likeness (QED) is 0.153. The molecule has 5 aromatic heterocycles. The van der Waals surface area contributed by atoms with Gasteiger partial charge in [0.15, 0.2) is 11.5 Å². The highest BCUT2D eigenvalue weighted by Crippen LogP contribution is 2.33. The lowest BCUT2D eigenvalue weighted by atomic mass is 9.87. The number of amides is 1. The van der Waals surface area contributed by atoms with Crippen LogP contribution in [0.1, 0.15) is 38.5 Å². The smallest absolute Gasteiger partial charge is 0.224 e. The van der Waals surface area contributed by atoms with Crippen LogP contribution in [0, 0.1) is 11.7 Å². The molecule has 0 spiro atoms. The number of carbonyl (C=O) groups is 1. The topological polar surface area (TPSA) is 138 Å². The summed E-state index contributed by atoms with van der Waals surface area (Å²) in [5.74, 6) is 0.961. The van der Waals surface area contributed by atoms with E-state index >= 15 is 0 Å². The maximum absolute atomic E-state index is 14.7. The van der Waals surface area contributed by atoms with E-state index in [0.717, 1.165) is 29.4 Å². The monoisotopic (exact) mass is 633 g/mol. The van der Waals surface area contributed by atoms with Gasteiger partial charge in [0.1, 0.15) is 29.2 Å². The molecule has 47 heavy (non-hydrogen) atoms. The Hall–Kier alpha value is -5.23. The van der Waals surface area contributed by atoms with E-state index in [4.69, 9.17) is 14.7 Å². The molecular formula is C35H36FN9O2. The Morgan fingerprint density at radius 2 is 1.83 bits per heavy atom. The largest absolute Gasteiger partial charge is 0.492 e. The number of nitrogens with one attached hydrogen (secondary N) is 3. The molecule has 1 aliphatic carbocycles. The SMILES string of the molecule is CN(C)CCOc1cc(F)cc(-c2nccc3[nH]c(-c4n[nH]c5ccc(-c6cncc(NC(=O)CC7CCCCC7)c6)nc45)nc23)c1. The lowest BCUT2D eigenvalue weighted by Gasteiger charge is -2.20. The maximum Gasteiger partial charge on any atom is 0.224 e. The van der Waals surface area contributed by atoms with E-state index in [1.54, 1.807) is 24.7 Å². The van der Waals surface area contributed by atoms with E-state index in [9.17, 15) is 9.18 Å². The minimum absolute atomic E-state index is 0.0152. The Kier molecular flexibility index (Phi) is 8.58. The Morgan fingerprint density at radius 1 is 0.979 bits per heavy atom. The number of rotatable bonds is 10. The zero-order valence-corrected chi connectivity index (χ0v) is 26.4. The molecule has 5 heterocycles. The van der Waals surface area contributed by atoms with Crippen LogP contribution in [0.3, 0.4) is 0 Å². The number of aromatic nitrogens is 7. The number of anilines is 1. The highest BCUT2D eigenvalue weighted by molar-refractivity contribution is 5.95. The van der Waals surface area contributed by atoms with Gasteiger partial charge in [0.2, 0.25) is 5.91 Å². The fourth-order valence-electron chi connectivity index (χ4n) is 6.13. The van der Waals surface area contributed by atoms with E-state index in [1.807, 2.05) is 43.3 Å². The van der Waals surface area contributed by atoms with Crippen LogP contribution in [0.15, 0.2) is 61.1 Å². The number of likely N-dealkylation sites (N-methyl/N-ethyl adjacent to an activating group) is 1. The molecule has 1 fully saturated rings. The third kappa shape index (κ3) is 6.82. The molecule has 0 unspecified atom stereocenters. The van der Waals surface area contributed by atoms with Crippen molar-refractivity contribution < 1.29 is 13.9 Å². The third-order valence-corrected chi connectivity index (χ3v) is 8.50. The van der Waals surface area contributed by atoms with Gasteiger partial charge in [-0.05, 0) is 69.3 Å². The number of halogens is 1. The Labute approximate surface area is 271 Å². The second-order valence-electron chi connectivity index (χ2n) is 12.4. The molecular weight excluding hydrogens is 597 g/mol. The van der Waals surface area contributed by atoms with Crippen molar-refractivity contribution in [3.05, 3.63) is 66.9 Å². The van der Waals surface area contributed by atoms with Gasteiger partial charge < -0.3 is 19.9 Å². The van der Waals surface area contributed by atoms with E-state index in [-0.39, 0.29) is 5.91 Å². The fraction of sp³-hybridized carbons (Fsp3) is 0.314. The predicted octanol–water partition coefficient (Wildman–Crippen LogP) is 6.61. The van der Waals surface area contributed by atoms with Crippen LogP contribution in [-0.2, 0) is 4.79 Å². The Balaban J connectivity index is 1.16. The van der Waals surface area contributed by atoms with Gasteiger partial charge >= 0.3 is 0 Å². The average molecular weight is 634 g/mol. The van der Waals surface area contributed by atoms with Gasteiger partial charge in [-0.3, -0.25) is 19.9 Å². The van der Waals surface area contributed by atoms with Crippen molar-refractivity contribution in [2.24, 2.45) is 5.92 Å². The molecule has 0 bridgehead atoms. The number of carbonyl (C=O) groups excluding carboxylic acids is 1. The summed E-state index contributed by atoms with van der Waals surface area (Å²) in [5.41, 5.74) is 6.32.